The summed E-state index contributed by atoms with van der Waals surface area (Å²) in [6.45, 7) is 1.93. The number of aryl methyl sites for hydroxylation is 2. The number of hydrogen-bond donors (Lipinski definition) is 0. The number of thiazole rings is 1. The van der Waals surface area contributed by atoms with E-state index in [2.05, 4.69) is 19.9 Å². The molecule has 3 aromatic heterocycles. The molecule has 5 rings (SSSR count). The predicted octanol–water partition coefficient (Wildman–Crippen LogP) is 3.65. The number of rotatable bonds is 3. The maximum Gasteiger partial charge on any atom is 0.225 e. The van der Waals surface area contributed by atoms with E-state index >= 15 is 0 Å². The third-order valence-electron chi connectivity index (χ3n) is 5.38. The van der Waals surface area contributed by atoms with Crippen molar-refractivity contribution in [2.24, 2.45) is 0 Å². The zero-order valence-electron chi connectivity index (χ0n) is 15.2. The first-order valence-corrected chi connectivity index (χ1v) is 10.5. The van der Waals surface area contributed by atoms with E-state index in [1.807, 2.05) is 23.6 Å². The van der Waals surface area contributed by atoms with Gasteiger partial charge in [0.05, 0.1) is 22.6 Å². The Kier molecular flexibility index (Phi) is 4.53. The van der Waals surface area contributed by atoms with Crippen molar-refractivity contribution < 1.29 is 0 Å². The monoisotopic (exact) mass is 378 g/mol. The molecule has 6 nitrogen and oxygen atoms in total. The average molecular weight is 379 g/mol. The molecule has 27 heavy (non-hydrogen) atoms. The first-order chi connectivity index (χ1) is 13.4. The maximum absolute atomic E-state index is 5.00. The van der Waals surface area contributed by atoms with Crippen molar-refractivity contribution in [1.82, 2.24) is 24.9 Å². The van der Waals surface area contributed by atoms with E-state index < -0.39 is 0 Å². The Bertz CT molecular complexity index is 902. The third kappa shape index (κ3) is 3.43. The Morgan fingerprint density at radius 2 is 1.93 bits per heavy atom. The molecule has 0 amide bonds. The van der Waals surface area contributed by atoms with Crippen molar-refractivity contribution in [3.63, 3.8) is 0 Å². The first-order valence-electron chi connectivity index (χ1n) is 9.70. The quantitative estimate of drug-likeness (QED) is 0.693. The molecule has 1 saturated heterocycles. The first kappa shape index (κ1) is 16.7. The van der Waals surface area contributed by atoms with Gasteiger partial charge in [0.25, 0.3) is 0 Å². The zero-order chi connectivity index (χ0) is 18.1. The minimum Gasteiger partial charge on any atom is -0.340 e. The molecule has 1 aliphatic carbocycles. The lowest BCUT2D eigenvalue weighted by Crippen LogP contribution is -2.35. The molecule has 4 heterocycles. The van der Waals surface area contributed by atoms with Gasteiger partial charge in [0.2, 0.25) is 5.95 Å². The fraction of sp³-hybridized carbons (Fsp3) is 0.450. The van der Waals surface area contributed by atoms with Crippen LogP contribution in [0.5, 0.6) is 0 Å². The Hall–Kier alpha value is -2.41. The molecule has 3 aromatic rings. The van der Waals surface area contributed by atoms with Crippen LogP contribution in [0.2, 0.25) is 0 Å². The molecule has 1 fully saturated rings. The van der Waals surface area contributed by atoms with E-state index in [0.717, 1.165) is 43.3 Å². The van der Waals surface area contributed by atoms with E-state index in [1.165, 1.54) is 41.3 Å². The second-order valence-corrected chi connectivity index (χ2v) is 8.36. The summed E-state index contributed by atoms with van der Waals surface area (Å²) in [4.78, 5) is 26.6. The zero-order valence-corrected chi connectivity index (χ0v) is 16.0. The van der Waals surface area contributed by atoms with Gasteiger partial charge in [0, 0.05) is 42.5 Å². The van der Waals surface area contributed by atoms with Crippen LogP contribution in [-0.2, 0) is 12.8 Å². The van der Waals surface area contributed by atoms with Crippen molar-refractivity contribution in [3.8, 4) is 11.4 Å². The molecular formula is C20H22N6S. The molecular weight excluding hydrogens is 356 g/mol. The minimum atomic E-state index is 0.484. The molecule has 0 spiro atoms. The third-order valence-corrected chi connectivity index (χ3v) is 6.70. The van der Waals surface area contributed by atoms with E-state index in [9.17, 15) is 0 Å². The van der Waals surface area contributed by atoms with Gasteiger partial charge >= 0.3 is 0 Å². The molecule has 0 saturated carbocycles. The second-order valence-electron chi connectivity index (χ2n) is 7.25. The lowest BCUT2D eigenvalue weighted by molar-refractivity contribution is 0.501. The maximum atomic E-state index is 5.00. The second kappa shape index (κ2) is 7.31. The summed E-state index contributed by atoms with van der Waals surface area (Å²) in [5.41, 5.74) is 2.96. The van der Waals surface area contributed by atoms with Gasteiger partial charge in [-0.05, 0) is 44.6 Å². The summed E-state index contributed by atoms with van der Waals surface area (Å²) in [5.74, 6) is 1.27. The smallest absolute Gasteiger partial charge is 0.225 e. The molecule has 0 N–H and O–H groups in total. The molecule has 0 radical (unpaired) electrons. The SMILES string of the molecule is c1cnc(-c2ccnc(N3CCC[C@@H](c4nc5c(s4)CCCC5)C3)n2)cn1. The normalized spacial score (nSPS) is 19.7. The van der Waals surface area contributed by atoms with Gasteiger partial charge in [-0.1, -0.05) is 0 Å². The fourth-order valence-electron chi connectivity index (χ4n) is 3.98. The van der Waals surface area contributed by atoms with Crippen molar-refractivity contribution in [1.29, 1.82) is 0 Å². The molecule has 1 aliphatic heterocycles. The van der Waals surface area contributed by atoms with Crippen molar-refractivity contribution >= 4 is 17.3 Å². The van der Waals surface area contributed by atoms with Gasteiger partial charge in [0.1, 0.15) is 5.69 Å². The van der Waals surface area contributed by atoms with Gasteiger partial charge in [-0.3, -0.25) is 9.97 Å². The molecule has 0 bridgehead atoms. The van der Waals surface area contributed by atoms with Crippen LogP contribution in [0.15, 0.2) is 30.9 Å². The number of fused-ring (bicyclic) bond motifs is 1. The lowest BCUT2D eigenvalue weighted by Gasteiger charge is -2.31. The molecule has 138 valence electrons. The standard InChI is InChI=1S/C20H22N6S/c1-2-6-18-16(5-1)24-19(27-18)14-4-3-11-26(13-14)20-23-8-7-15(25-20)17-12-21-9-10-22-17/h7-10,12,14H,1-6,11,13H2/t14-/m1/s1. The Labute approximate surface area is 162 Å². The van der Waals surface area contributed by atoms with E-state index in [-0.39, 0.29) is 0 Å². The highest BCUT2D eigenvalue weighted by atomic mass is 32.1. The number of hydrogen-bond acceptors (Lipinski definition) is 7. The summed E-state index contributed by atoms with van der Waals surface area (Å²) in [6, 6.07) is 1.89. The predicted molar refractivity (Wildman–Crippen MR) is 106 cm³/mol. The molecule has 0 unspecified atom stereocenters. The Balaban J connectivity index is 1.37. The molecule has 7 heteroatoms. The number of anilines is 1. The lowest BCUT2D eigenvalue weighted by atomic mass is 9.98. The Morgan fingerprint density at radius 3 is 2.81 bits per heavy atom. The number of nitrogens with zero attached hydrogens (tertiary/aromatic N) is 6. The molecule has 0 aromatic carbocycles. The van der Waals surface area contributed by atoms with Gasteiger partial charge < -0.3 is 4.90 Å². The summed E-state index contributed by atoms with van der Waals surface area (Å²) in [5, 5.41) is 1.32. The topological polar surface area (TPSA) is 67.7 Å². The van der Waals surface area contributed by atoms with E-state index in [4.69, 9.17) is 9.97 Å². The van der Waals surface area contributed by atoms with Crippen LogP contribution in [0.4, 0.5) is 5.95 Å². The Morgan fingerprint density at radius 1 is 0.963 bits per heavy atom. The van der Waals surface area contributed by atoms with Crippen molar-refractivity contribution in [3.05, 3.63) is 46.4 Å². The van der Waals surface area contributed by atoms with Crippen LogP contribution in [0.25, 0.3) is 11.4 Å². The van der Waals surface area contributed by atoms with Crippen LogP contribution < -0.4 is 4.90 Å². The van der Waals surface area contributed by atoms with Crippen LogP contribution in [0.1, 0.15) is 47.2 Å². The van der Waals surface area contributed by atoms with Gasteiger partial charge in [-0.15, -0.1) is 11.3 Å². The summed E-state index contributed by atoms with van der Waals surface area (Å²) in [7, 11) is 0. The fourth-order valence-corrected chi connectivity index (χ4v) is 5.26. The number of aromatic nitrogens is 5. The highest BCUT2D eigenvalue weighted by Gasteiger charge is 2.27. The summed E-state index contributed by atoms with van der Waals surface area (Å²) < 4.78 is 0. The highest BCUT2D eigenvalue weighted by Crippen LogP contribution is 2.35. The van der Waals surface area contributed by atoms with Crippen LogP contribution in [0.3, 0.4) is 0 Å². The van der Waals surface area contributed by atoms with E-state index in [0.29, 0.717) is 5.92 Å². The largest absolute Gasteiger partial charge is 0.340 e. The van der Waals surface area contributed by atoms with Crippen LogP contribution in [-0.4, -0.2) is 38.0 Å². The molecule has 2 aliphatic rings. The van der Waals surface area contributed by atoms with Crippen molar-refractivity contribution in [2.75, 3.05) is 18.0 Å². The summed E-state index contributed by atoms with van der Waals surface area (Å²) >= 11 is 1.94. The van der Waals surface area contributed by atoms with Crippen molar-refractivity contribution in [2.45, 2.75) is 44.4 Å². The number of piperidine rings is 1. The molecule has 1 atom stereocenters. The van der Waals surface area contributed by atoms with Crippen LogP contribution >= 0.6 is 11.3 Å². The highest BCUT2D eigenvalue weighted by molar-refractivity contribution is 7.11. The van der Waals surface area contributed by atoms with Gasteiger partial charge in [-0.25, -0.2) is 15.0 Å². The van der Waals surface area contributed by atoms with E-state index in [1.54, 1.807) is 18.6 Å². The van der Waals surface area contributed by atoms with Crippen LogP contribution in [0, 0.1) is 0 Å². The van der Waals surface area contributed by atoms with Gasteiger partial charge in [-0.2, -0.15) is 0 Å². The summed E-state index contributed by atoms with van der Waals surface area (Å²) in [6.07, 6.45) is 14.2. The van der Waals surface area contributed by atoms with Gasteiger partial charge in [0.15, 0.2) is 0 Å². The average Bonchev–Trinajstić information content (AvgIpc) is 3.19. The minimum absolute atomic E-state index is 0.484.